The average Bonchev–Trinajstić information content (AvgIpc) is 2.55. The van der Waals surface area contributed by atoms with Gasteiger partial charge in [-0.05, 0) is 30.9 Å². The molecule has 0 amide bonds. The van der Waals surface area contributed by atoms with Crippen LogP contribution in [0.5, 0.6) is 5.75 Å². The van der Waals surface area contributed by atoms with Crippen LogP contribution in [0.3, 0.4) is 0 Å². The summed E-state index contributed by atoms with van der Waals surface area (Å²) in [5, 5.41) is 8.98. The van der Waals surface area contributed by atoms with Gasteiger partial charge in [0.05, 0.1) is 24.9 Å². The molecule has 0 aromatic heterocycles. The highest BCUT2D eigenvalue weighted by molar-refractivity contribution is 5.42. The Bertz CT molecular complexity index is 467. The summed E-state index contributed by atoms with van der Waals surface area (Å²) in [7, 11) is 0. The highest BCUT2D eigenvalue weighted by Crippen LogP contribution is 2.28. The van der Waals surface area contributed by atoms with E-state index in [2.05, 4.69) is 13.0 Å². The van der Waals surface area contributed by atoms with E-state index in [9.17, 15) is 0 Å². The Kier molecular flexibility index (Phi) is 6.56. The SMILES string of the molecule is CCC1CCCC(OCCCOc2ccccc2C#N)C1. The van der Waals surface area contributed by atoms with Gasteiger partial charge in [-0.25, -0.2) is 0 Å². The minimum absolute atomic E-state index is 0.440. The van der Waals surface area contributed by atoms with E-state index in [1.54, 1.807) is 6.07 Å². The fourth-order valence-corrected chi connectivity index (χ4v) is 2.94. The van der Waals surface area contributed by atoms with Gasteiger partial charge in [-0.2, -0.15) is 5.26 Å². The van der Waals surface area contributed by atoms with Crippen LogP contribution in [-0.4, -0.2) is 19.3 Å². The summed E-state index contributed by atoms with van der Waals surface area (Å²) in [5.41, 5.74) is 0.594. The molecule has 0 N–H and O–H groups in total. The Morgan fingerprint density at radius 3 is 2.90 bits per heavy atom. The third-order valence-electron chi connectivity index (χ3n) is 4.22. The number of para-hydroxylation sites is 1. The predicted molar refractivity (Wildman–Crippen MR) is 83.3 cm³/mol. The first-order valence-corrected chi connectivity index (χ1v) is 8.07. The molecule has 0 saturated heterocycles. The summed E-state index contributed by atoms with van der Waals surface area (Å²) in [6.07, 6.45) is 7.67. The number of benzene rings is 1. The summed E-state index contributed by atoms with van der Waals surface area (Å²) in [6.45, 7) is 3.62. The third-order valence-corrected chi connectivity index (χ3v) is 4.22. The van der Waals surface area contributed by atoms with E-state index < -0.39 is 0 Å². The molecule has 0 radical (unpaired) electrons. The molecule has 3 nitrogen and oxygen atoms in total. The summed E-state index contributed by atoms with van der Waals surface area (Å²) < 4.78 is 11.6. The molecule has 0 heterocycles. The largest absolute Gasteiger partial charge is 0.492 e. The van der Waals surface area contributed by atoms with Gasteiger partial charge >= 0.3 is 0 Å². The first kappa shape index (κ1) is 15.9. The second-order valence-electron chi connectivity index (χ2n) is 5.74. The van der Waals surface area contributed by atoms with E-state index >= 15 is 0 Å². The fourth-order valence-electron chi connectivity index (χ4n) is 2.94. The molecular weight excluding hydrogens is 262 g/mol. The first-order chi connectivity index (χ1) is 10.3. The lowest BCUT2D eigenvalue weighted by Crippen LogP contribution is -2.23. The second-order valence-corrected chi connectivity index (χ2v) is 5.74. The van der Waals surface area contributed by atoms with Crippen molar-refractivity contribution in [2.75, 3.05) is 13.2 Å². The molecule has 0 spiro atoms. The standard InChI is InChI=1S/C18H25NO2/c1-2-15-7-5-9-17(13-15)20-11-6-12-21-18-10-4-3-8-16(18)14-19/h3-4,8,10,15,17H,2,5-7,9,11-13H2,1H3. The van der Waals surface area contributed by atoms with Gasteiger partial charge in [-0.15, -0.1) is 0 Å². The molecule has 1 aromatic carbocycles. The molecule has 1 aliphatic rings. The monoisotopic (exact) mass is 287 g/mol. The number of nitrogens with zero attached hydrogens (tertiary/aromatic N) is 1. The van der Waals surface area contributed by atoms with Crippen LogP contribution in [-0.2, 0) is 4.74 Å². The predicted octanol–water partition coefficient (Wildman–Crippen LogP) is 4.31. The van der Waals surface area contributed by atoms with Gasteiger partial charge in [0.1, 0.15) is 11.8 Å². The van der Waals surface area contributed by atoms with E-state index in [1.807, 2.05) is 18.2 Å². The Hall–Kier alpha value is -1.53. The normalized spacial score (nSPS) is 21.7. The average molecular weight is 287 g/mol. The summed E-state index contributed by atoms with van der Waals surface area (Å²) in [6, 6.07) is 9.50. The summed E-state index contributed by atoms with van der Waals surface area (Å²) >= 11 is 0. The maximum absolute atomic E-state index is 8.98. The molecule has 1 aliphatic carbocycles. The van der Waals surface area contributed by atoms with Crippen molar-refractivity contribution in [3.63, 3.8) is 0 Å². The van der Waals surface area contributed by atoms with Crippen LogP contribution in [0, 0.1) is 17.2 Å². The van der Waals surface area contributed by atoms with Crippen molar-refractivity contribution in [2.24, 2.45) is 5.92 Å². The van der Waals surface area contributed by atoms with Gasteiger partial charge in [0.15, 0.2) is 0 Å². The van der Waals surface area contributed by atoms with Crippen LogP contribution in [0.2, 0.25) is 0 Å². The minimum atomic E-state index is 0.440. The van der Waals surface area contributed by atoms with Crippen molar-refractivity contribution in [3.8, 4) is 11.8 Å². The van der Waals surface area contributed by atoms with Gasteiger partial charge < -0.3 is 9.47 Å². The number of rotatable bonds is 7. The molecule has 1 fully saturated rings. The van der Waals surface area contributed by atoms with Gasteiger partial charge in [-0.3, -0.25) is 0 Å². The van der Waals surface area contributed by atoms with Crippen molar-refractivity contribution in [2.45, 2.75) is 51.6 Å². The zero-order chi connectivity index (χ0) is 14.9. The van der Waals surface area contributed by atoms with Crippen LogP contribution in [0.25, 0.3) is 0 Å². The molecule has 3 heteroatoms. The lowest BCUT2D eigenvalue weighted by molar-refractivity contribution is 0.00766. The van der Waals surface area contributed by atoms with Gasteiger partial charge in [0, 0.05) is 6.42 Å². The molecule has 2 unspecified atom stereocenters. The Morgan fingerprint density at radius 2 is 2.10 bits per heavy atom. The van der Waals surface area contributed by atoms with Crippen molar-refractivity contribution in [1.82, 2.24) is 0 Å². The lowest BCUT2D eigenvalue weighted by atomic mass is 9.85. The molecule has 0 bridgehead atoms. The fraction of sp³-hybridized carbons (Fsp3) is 0.611. The number of ether oxygens (including phenoxy) is 2. The van der Waals surface area contributed by atoms with Crippen LogP contribution in [0.15, 0.2) is 24.3 Å². The van der Waals surface area contributed by atoms with Gasteiger partial charge in [-0.1, -0.05) is 38.3 Å². The van der Waals surface area contributed by atoms with E-state index in [1.165, 1.54) is 32.1 Å². The molecule has 2 atom stereocenters. The Labute approximate surface area is 127 Å². The highest BCUT2D eigenvalue weighted by Gasteiger charge is 2.20. The zero-order valence-electron chi connectivity index (χ0n) is 12.9. The van der Waals surface area contributed by atoms with Crippen molar-refractivity contribution < 1.29 is 9.47 Å². The van der Waals surface area contributed by atoms with E-state index in [-0.39, 0.29) is 0 Å². The molecule has 2 rings (SSSR count). The number of hydrogen-bond acceptors (Lipinski definition) is 3. The number of hydrogen-bond donors (Lipinski definition) is 0. The molecule has 1 saturated carbocycles. The minimum Gasteiger partial charge on any atom is -0.492 e. The van der Waals surface area contributed by atoms with Crippen LogP contribution in [0.4, 0.5) is 0 Å². The molecular formula is C18H25NO2. The second kappa shape index (κ2) is 8.69. The van der Waals surface area contributed by atoms with E-state index in [0.29, 0.717) is 24.0 Å². The van der Waals surface area contributed by atoms with Gasteiger partial charge in [0.2, 0.25) is 0 Å². The summed E-state index contributed by atoms with van der Waals surface area (Å²) in [4.78, 5) is 0. The topological polar surface area (TPSA) is 42.2 Å². The summed E-state index contributed by atoms with van der Waals surface area (Å²) in [5.74, 6) is 1.52. The Balaban J connectivity index is 1.63. The van der Waals surface area contributed by atoms with Crippen LogP contribution < -0.4 is 4.74 Å². The Morgan fingerprint density at radius 1 is 1.24 bits per heavy atom. The van der Waals surface area contributed by atoms with Crippen LogP contribution >= 0.6 is 0 Å². The van der Waals surface area contributed by atoms with E-state index in [0.717, 1.165) is 18.9 Å². The van der Waals surface area contributed by atoms with Crippen molar-refractivity contribution in [1.29, 1.82) is 5.26 Å². The van der Waals surface area contributed by atoms with Crippen molar-refractivity contribution in [3.05, 3.63) is 29.8 Å². The maximum Gasteiger partial charge on any atom is 0.137 e. The van der Waals surface area contributed by atoms with Gasteiger partial charge in [0.25, 0.3) is 0 Å². The van der Waals surface area contributed by atoms with Crippen LogP contribution in [0.1, 0.15) is 51.0 Å². The quantitative estimate of drug-likeness (QED) is 0.702. The zero-order valence-corrected chi connectivity index (χ0v) is 12.9. The van der Waals surface area contributed by atoms with Crippen molar-refractivity contribution >= 4 is 0 Å². The molecule has 21 heavy (non-hydrogen) atoms. The third kappa shape index (κ3) is 5.06. The highest BCUT2D eigenvalue weighted by atomic mass is 16.5. The molecule has 0 aliphatic heterocycles. The lowest BCUT2D eigenvalue weighted by Gasteiger charge is -2.28. The molecule has 114 valence electrons. The maximum atomic E-state index is 8.98. The number of nitriles is 1. The smallest absolute Gasteiger partial charge is 0.137 e. The molecule has 1 aromatic rings. The van der Waals surface area contributed by atoms with E-state index in [4.69, 9.17) is 14.7 Å². The first-order valence-electron chi connectivity index (χ1n) is 8.07.